The molecule has 3 aromatic rings. The van der Waals surface area contributed by atoms with Gasteiger partial charge in [-0.05, 0) is 12.1 Å². The van der Waals surface area contributed by atoms with Crippen LogP contribution in [0.25, 0.3) is 11.4 Å². The van der Waals surface area contributed by atoms with Crippen molar-refractivity contribution in [2.45, 2.75) is 19.5 Å². The van der Waals surface area contributed by atoms with E-state index in [1.807, 2.05) is 0 Å². The highest BCUT2D eigenvalue weighted by molar-refractivity contribution is 5.57. The maximum Gasteiger partial charge on any atom is 0.140 e. The van der Waals surface area contributed by atoms with Crippen molar-refractivity contribution < 1.29 is 8.78 Å². The first-order valence-electron chi connectivity index (χ1n) is 7.68. The van der Waals surface area contributed by atoms with Crippen LogP contribution in [0.1, 0.15) is 17.0 Å². The summed E-state index contributed by atoms with van der Waals surface area (Å²) in [7, 11) is 0. The van der Waals surface area contributed by atoms with Crippen molar-refractivity contribution in [1.82, 2.24) is 24.8 Å². The molecule has 3 heterocycles. The fraction of sp³-hybridized carbons (Fsp3) is 0.235. The molecular weight excluding hydrogens is 312 g/mol. The lowest BCUT2D eigenvalue weighted by Crippen LogP contribution is -2.30. The van der Waals surface area contributed by atoms with Gasteiger partial charge in [-0.15, -0.1) is 0 Å². The molecule has 0 amide bonds. The number of rotatable bonds is 3. The molecule has 2 aromatic heterocycles. The van der Waals surface area contributed by atoms with E-state index in [0.29, 0.717) is 12.4 Å². The molecule has 122 valence electrons. The van der Waals surface area contributed by atoms with Crippen LogP contribution < -0.4 is 0 Å². The number of nitrogens with zero attached hydrogens (tertiary/aromatic N) is 4. The molecule has 7 heteroatoms. The standard InChI is InChI=1S/C17H15F2N5/c18-12-1-2-13(14(19)5-12)17-22-15-3-4-24(9-16(15)23-17)8-11-6-20-10-21-7-11/h1-2,5-7,10H,3-4,8-9H2,(H,22,23). The van der Waals surface area contributed by atoms with Gasteiger partial charge in [0.2, 0.25) is 0 Å². The molecule has 0 fully saturated rings. The summed E-state index contributed by atoms with van der Waals surface area (Å²) in [5.41, 5.74) is 3.24. The molecule has 24 heavy (non-hydrogen) atoms. The largest absolute Gasteiger partial charge is 0.340 e. The number of hydrogen-bond donors (Lipinski definition) is 1. The average Bonchev–Trinajstić information content (AvgIpc) is 2.98. The number of H-pyrrole nitrogens is 1. The minimum atomic E-state index is -0.612. The zero-order chi connectivity index (χ0) is 16.5. The van der Waals surface area contributed by atoms with Crippen LogP contribution in [-0.2, 0) is 19.5 Å². The van der Waals surface area contributed by atoms with E-state index in [1.54, 1.807) is 12.4 Å². The number of halogens is 2. The van der Waals surface area contributed by atoms with E-state index < -0.39 is 11.6 Å². The molecule has 0 spiro atoms. The fourth-order valence-corrected chi connectivity index (χ4v) is 2.96. The van der Waals surface area contributed by atoms with Gasteiger partial charge in [0.15, 0.2) is 0 Å². The monoisotopic (exact) mass is 327 g/mol. The Morgan fingerprint density at radius 2 is 2.00 bits per heavy atom. The maximum absolute atomic E-state index is 13.9. The lowest BCUT2D eigenvalue weighted by atomic mass is 10.1. The zero-order valence-corrected chi connectivity index (χ0v) is 12.8. The van der Waals surface area contributed by atoms with Gasteiger partial charge < -0.3 is 4.98 Å². The Morgan fingerprint density at radius 1 is 1.17 bits per heavy atom. The van der Waals surface area contributed by atoms with Crippen LogP contribution in [0, 0.1) is 11.6 Å². The summed E-state index contributed by atoms with van der Waals surface area (Å²) in [6.07, 6.45) is 5.89. The summed E-state index contributed by atoms with van der Waals surface area (Å²) in [6, 6.07) is 3.52. The van der Waals surface area contributed by atoms with Gasteiger partial charge >= 0.3 is 0 Å². The van der Waals surface area contributed by atoms with Crippen molar-refractivity contribution in [3.63, 3.8) is 0 Å². The van der Waals surface area contributed by atoms with Crippen LogP contribution in [0.15, 0.2) is 36.9 Å². The van der Waals surface area contributed by atoms with E-state index >= 15 is 0 Å². The van der Waals surface area contributed by atoms with E-state index in [2.05, 4.69) is 24.8 Å². The molecule has 0 atom stereocenters. The summed E-state index contributed by atoms with van der Waals surface area (Å²) in [5.74, 6) is -0.759. The van der Waals surface area contributed by atoms with Crippen molar-refractivity contribution >= 4 is 0 Å². The van der Waals surface area contributed by atoms with Gasteiger partial charge in [-0.2, -0.15) is 0 Å². The van der Waals surface area contributed by atoms with Crippen molar-refractivity contribution in [2.24, 2.45) is 0 Å². The molecule has 0 saturated carbocycles. The van der Waals surface area contributed by atoms with Gasteiger partial charge in [0.25, 0.3) is 0 Å². The number of aromatic nitrogens is 4. The minimum Gasteiger partial charge on any atom is -0.340 e. The van der Waals surface area contributed by atoms with Crippen LogP contribution in [0.4, 0.5) is 8.78 Å². The van der Waals surface area contributed by atoms with Gasteiger partial charge in [0.1, 0.15) is 23.8 Å². The van der Waals surface area contributed by atoms with E-state index in [0.717, 1.165) is 42.5 Å². The van der Waals surface area contributed by atoms with E-state index in [9.17, 15) is 8.78 Å². The van der Waals surface area contributed by atoms with Crippen LogP contribution in [0.2, 0.25) is 0 Å². The molecule has 0 unspecified atom stereocenters. The lowest BCUT2D eigenvalue weighted by Gasteiger charge is -2.25. The highest BCUT2D eigenvalue weighted by Crippen LogP contribution is 2.25. The first kappa shape index (κ1) is 14.9. The Kier molecular flexibility index (Phi) is 3.78. The summed E-state index contributed by atoms with van der Waals surface area (Å²) in [4.78, 5) is 18.0. The highest BCUT2D eigenvalue weighted by atomic mass is 19.1. The smallest absolute Gasteiger partial charge is 0.140 e. The van der Waals surface area contributed by atoms with Crippen LogP contribution in [0.5, 0.6) is 0 Å². The summed E-state index contributed by atoms with van der Waals surface area (Å²) in [6.45, 7) is 2.30. The molecule has 0 bridgehead atoms. The molecular formula is C17H15F2N5. The van der Waals surface area contributed by atoms with Gasteiger partial charge in [-0.1, -0.05) is 0 Å². The third-order valence-corrected chi connectivity index (χ3v) is 4.12. The van der Waals surface area contributed by atoms with Gasteiger partial charge in [-0.25, -0.2) is 23.7 Å². The molecule has 4 rings (SSSR count). The Bertz CT molecular complexity index is 863. The molecule has 1 N–H and O–H groups in total. The Morgan fingerprint density at radius 3 is 2.79 bits per heavy atom. The third-order valence-electron chi connectivity index (χ3n) is 4.12. The summed E-state index contributed by atoms with van der Waals surface area (Å²) < 4.78 is 27.0. The summed E-state index contributed by atoms with van der Waals surface area (Å²) >= 11 is 0. The normalized spacial score (nSPS) is 14.6. The number of hydrogen-bond acceptors (Lipinski definition) is 4. The van der Waals surface area contributed by atoms with Crippen molar-refractivity contribution in [3.8, 4) is 11.4 Å². The molecule has 0 aliphatic carbocycles. The fourth-order valence-electron chi connectivity index (χ4n) is 2.96. The number of fused-ring (bicyclic) bond motifs is 1. The molecule has 0 saturated heterocycles. The summed E-state index contributed by atoms with van der Waals surface area (Å²) in [5, 5.41) is 0. The predicted molar refractivity (Wildman–Crippen MR) is 83.8 cm³/mol. The quantitative estimate of drug-likeness (QED) is 0.803. The van der Waals surface area contributed by atoms with Crippen molar-refractivity contribution in [2.75, 3.05) is 6.54 Å². The van der Waals surface area contributed by atoms with Gasteiger partial charge in [0, 0.05) is 50.1 Å². The predicted octanol–water partition coefficient (Wildman–Crippen LogP) is 2.70. The van der Waals surface area contributed by atoms with Gasteiger partial charge in [0.05, 0.1) is 17.0 Å². The Hall–Kier alpha value is -2.67. The number of benzene rings is 1. The second-order valence-corrected chi connectivity index (χ2v) is 5.84. The van der Waals surface area contributed by atoms with E-state index in [4.69, 9.17) is 0 Å². The van der Waals surface area contributed by atoms with Crippen molar-refractivity contribution in [1.29, 1.82) is 0 Å². The number of nitrogens with one attached hydrogen (secondary N) is 1. The topological polar surface area (TPSA) is 57.7 Å². The lowest BCUT2D eigenvalue weighted by molar-refractivity contribution is 0.241. The second kappa shape index (κ2) is 6.09. The molecule has 1 aliphatic heterocycles. The third kappa shape index (κ3) is 2.90. The molecule has 0 radical (unpaired) electrons. The molecule has 1 aliphatic rings. The Balaban J connectivity index is 1.56. The van der Waals surface area contributed by atoms with E-state index in [1.165, 1.54) is 18.5 Å². The highest BCUT2D eigenvalue weighted by Gasteiger charge is 2.21. The van der Waals surface area contributed by atoms with Crippen LogP contribution in [0.3, 0.4) is 0 Å². The molecule has 1 aromatic carbocycles. The van der Waals surface area contributed by atoms with E-state index in [-0.39, 0.29) is 5.56 Å². The van der Waals surface area contributed by atoms with Crippen molar-refractivity contribution in [3.05, 3.63) is 65.5 Å². The van der Waals surface area contributed by atoms with Crippen LogP contribution in [-0.4, -0.2) is 31.4 Å². The first-order valence-corrected chi connectivity index (χ1v) is 7.68. The number of aromatic amines is 1. The average molecular weight is 327 g/mol. The second-order valence-electron chi connectivity index (χ2n) is 5.84. The zero-order valence-electron chi connectivity index (χ0n) is 12.8. The molecule has 5 nitrogen and oxygen atoms in total. The minimum absolute atomic E-state index is 0.286. The van der Waals surface area contributed by atoms with Gasteiger partial charge in [-0.3, -0.25) is 4.90 Å². The first-order chi connectivity index (χ1) is 11.7. The number of imidazole rings is 1. The maximum atomic E-state index is 13.9. The SMILES string of the molecule is Fc1ccc(-c2nc3c([nH]2)CN(Cc2cncnc2)CC3)c(F)c1. The van der Waals surface area contributed by atoms with Crippen LogP contribution >= 0.6 is 0 Å². The Labute approximate surface area is 137 Å².